The minimum Gasteiger partial charge on any atom is -0.392 e. The number of aliphatic hydroxyl groups is 1. The summed E-state index contributed by atoms with van der Waals surface area (Å²) in [7, 11) is -4.28. The molecule has 1 saturated heterocycles. The second-order valence-electron chi connectivity index (χ2n) is 6.74. The summed E-state index contributed by atoms with van der Waals surface area (Å²) >= 11 is 0. The number of nitrogens with one attached hydrogen (secondary N) is 1. The lowest BCUT2D eigenvalue weighted by Crippen LogP contribution is -2.36. The van der Waals surface area contributed by atoms with Gasteiger partial charge in [0.1, 0.15) is 10.7 Å². The zero-order valence-electron chi connectivity index (χ0n) is 15.2. The Labute approximate surface area is 166 Å². The van der Waals surface area contributed by atoms with Crippen LogP contribution in [0.5, 0.6) is 0 Å². The van der Waals surface area contributed by atoms with E-state index in [1.54, 1.807) is 0 Å². The van der Waals surface area contributed by atoms with Crippen molar-refractivity contribution in [3.63, 3.8) is 0 Å². The normalized spacial score (nSPS) is 18.3. The van der Waals surface area contributed by atoms with E-state index in [9.17, 15) is 31.5 Å². The van der Waals surface area contributed by atoms with Crippen LogP contribution in [-0.4, -0.2) is 42.9 Å². The predicted octanol–water partition coefficient (Wildman–Crippen LogP) is 2.89. The van der Waals surface area contributed by atoms with Crippen LogP contribution in [0.2, 0.25) is 0 Å². The number of rotatable bonds is 4. The van der Waals surface area contributed by atoms with Crippen molar-refractivity contribution in [2.75, 3.05) is 18.4 Å². The molecule has 10 heteroatoms. The number of β-amino-alcohol motifs (C(OH)–C–C–N with tert-alkyl or cyclic N) is 1. The molecule has 2 aromatic rings. The highest BCUT2D eigenvalue weighted by molar-refractivity contribution is 7.89. The molecule has 156 valence electrons. The topological polar surface area (TPSA) is 86.7 Å². The van der Waals surface area contributed by atoms with Crippen molar-refractivity contribution in [2.24, 2.45) is 0 Å². The molecule has 1 fully saturated rings. The zero-order valence-corrected chi connectivity index (χ0v) is 16.1. The molecule has 6 nitrogen and oxygen atoms in total. The third-order valence-electron chi connectivity index (χ3n) is 4.60. The largest absolute Gasteiger partial charge is 0.392 e. The Morgan fingerprint density at radius 2 is 1.76 bits per heavy atom. The SMILES string of the molecule is O=C(Nc1ccc(F)c(F)c1)c1ccc(F)c(S(=O)(=O)N2CCCC[C@@H](O)C2)c1. The van der Waals surface area contributed by atoms with Gasteiger partial charge < -0.3 is 10.4 Å². The highest BCUT2D eigenvalue weighted by Gasteiger charge is 2.31. The smallest absolute Gasteiger partial charge is 0.255 e. The maximum absolute atomic E-state index is 14.3. The lowest BCUT2D eigenvalue weighted by atomic mass is 10.2. The van der Waals surface area contributed by atoms with Crippen LogP contribution in [0, 0.1) is 17.5 Å². The van der Waals surface area contributed by atoms with Crippen LogP contribution in [0.1, 0.15) is 29.6 Å². The first kappa shape index (κ1) is 21.3. The van der Waals surface area contributed by atoms with Crippen molar-refractivity contribution >= 4 is 21.6 Å². The number of nitrogens with zero attached hydrogens (tertiary/aromatic N) is 1. The van der Waals surface area contributed by atoms with Gasteiger partial charge in [0.2, 0.25) is 10.0 Å². The third kappa shape index (κ3) is 4.77. The molecule has 0 saturated carbocycles. The zero-order chi connectivity index (χ0) is 21.2. The number of sulfonamides is 1. The van der Waals surface area contributed by atoms with Gasteiger partial charge in [-0.15, -0.1) is 0 Å². The van der Waals surface area contributed by atoms with Gasteiger partial charge >= 0.3 is 0 Å². The molecule has 1 aliphatic rings. The van der Waals surface area contributed by atoms with Crippen molar-refractivity contribution in [3.05, 3.63) is 59.4 Å². The van der Waals surface area contributed by atoms with E-state index >= 15 is 0 Å². The Morgan fingerprint density at radius 3 is 2.48 bits per heavy atom. The molecule has 0 unspecified atom stereocenters. The fourth-order valence-corrected chi connectivity index (χ4v) is 4.67. The molecule has 3 rings (SSSR count). The summed E-state index contributed by atoms with van der Waals surface area (Å²) < 4.78 is 67.4. The van der Waals surface area contributed by atoms with Crippen molar-refractivity contribution < 1.29 is 31.5 Å². The fraction of sp³-hybridized carbons (Fsp3) is 0.316. The minimum absolute atomic E-state index is 0.0433. The Morgan fingerprint density at radius 1 is 1.03 bits per heavy atom. The van der Waals surface area contributed by atoms with Crippen LogP contribution in [0.25, 0.3) is 0 Å². The average molecular weight is 428 g/mol. The monoisotopic (exact) mass is 428 g/mol. The van der Waals surface area contributed by atoms with E-state index in [1.165, 1.54) is 0 Å². The molecule has 0 aliphatic carbocycles. The van der Waals surface area contributed by atoms with Crippen molar-refractivity contribution in [2.45, 2.75) is 30.3 Å². The molecule has 0 radical (unpaired) electrons. The predicted molar refractivity (Wildman–Crippen MR) is 99.3 cm³/mol. The number of anilines is 1. The number of amides is 1. The lowest BCUT2D eigenvalue weighted by molar-refractivity contribution is 0.102. The van der Waals surface area contributed by atoms with Gasteiger partial charge in [-0.25, -0.2) is 21.6 Å². The molecule has 2 N–H and O–H groups in total. The minimum atomic E-state index is -4.28. The van der Waals surface area contributed by atoms with Crippen LogP contribution in [-0.2, 0) is 10.0 Å². The standard InChI is InChI=1S/C19H19F3N2O4S/c20-15-7-5-13(10-17(15)22)23-19(26)12-4-6-16(21)18(9-12)29(27,28)24-8-2-1-3-14(25)11-24/h4-7,9-10,14,25H,1-3,8,11H2,(H,23,26)/t14-/m1/s1. The summed E-state index contributed by atoms with van der Waals surface area (Å²) in [4.78, 5) is 11.7. The van der Waals surface area contributed by atoms with Gasteiger partial charge in [0.15, 0.2) is 11.6 Å². The first-order valence-corrected chi connectivity index (χ1v) is 10.4. The number of hydrogen-bond donors (Lipinski definition) is 2. The highest BCUT2D eigenvalue weighted by Crippen LogP contribution is 2.24. The first-order chi connectivity index (χ1) is 13.7. The average Bonchev–Trinajstić information content (AvgIpc) is 2.90. The summed E-state index contributed by atoms with van der Waals surface area (Å²) in [6.07, 6.45) is 0.765. The van der Waals surface area contributed by atoms with Crippen molar-refractivity contribution in [1.82, 2.24) is 4.31 Å². The van der Waals surface area contributed by atoms with E-state index < -0.39 is 44.4 Å². The quantitative estimate of drug-likeness (QED) is 0.784. The second kappa shape index (κ2) is 8.52. The molecule has 2 aromatic carbocycles. The van der Waals surface area contributed by atoms with Crippen molar-refractivity contribution in [3.8, 4) is 0 Å². The molecule has 0 bridgehead atoms. The Balaban J connectivity index is 1.88. The molecule has 1 aliphatic heterocycles. The fourth-order valence-electron chi connectivity index (χ4n) is 3.06. The van der Waals surface area contributed by atoms with Gasteiger partial charge in [0.25, 0.3) is 5.91 Å². The summed E-state index contributed by atoms with van der Waals surface area (Å²) in [5, 5.41) is 12.2. The Bertz CT molecular complexity index is 1030. The van der Waals surface area contributed by atoms with E-state index in [0.29, 0.717) is 19.3 Å². The molecule has 1 amide bonds. The van der Waals surface area contributed by atoms with Crippen LogP contribution in [0.4, 0.5) is 18.9 Å². The number of halogens is 3. The molecule has 1 atom stereocenters. The molecule has 29 heavy (non-hydrogen) atoms. The highest BCUT2D eigenvalue weighted by atomic mass is 32.2. The number of carbonyl (C=O) groups excluding carboxylic acids is 1. The Kier molecular flexibility index (Phi) is 6.25. The maximum atomic E-state index is 14.3. The molecular formula is C19H19F3N2O4S. The van der Waals surface area contributed by atoms with Gasteiger partial charge in [-0.1, -0.05) is 0 Å². The molecule has 0 aromatic heterocycles. The van der Waals surface area contributed by atoms with Gasteiger partial charge in [-0.3, -0.25) is 4.79 Å². The molecule has 1 heterocycles. The summed E-state index contributed by atoms with van der Waals surface area (Å²) in [6, 6.07) is 5.55. The van der Waals surface area contributed by atoms with Crippen molar-refractivity contribution in [1.29, 1.82) is 0 Å². The van der Waals surface area contributed by atoms with Crippen LogP contribution in [0.3, 0.4) is 0 Å². The lowest BCUT2D eigenvalue weighted by Gasteiger charge is -2.22. The Hall–Kier alpha value is -2.43. The van der Waals surface area contributed by atoms with Gasteiger partial charge in [0, 0.05) is 30.4 Å². The first-order valence-electron chi connectivity index (χ1n) is 8.92. The molecule has 0 spiro atoms. The van der Waals surface area contributed by atoms with Gasteiger partial charge in [-0.2, -0.15) is 4.31 Å². The summed E-state index contributed by atoms with van der Waals surface area (Å²) in [6.45, 7) is -0.0306. The summed E-state index contributed by atoms with van der Waals surface area (Å²) in [5.41, 5.74) is -0.219. The van der Waals surface area contributed by atoms with Crippen LogP contribution >= 0.6 is 0 Å². The van der Waals surface area contributed by atoms with E-state index in [-0.39, 0.29) is 24.3 Å². The second-order valence-corrected chi connectivity index (χ2v) is 8.65. The van der Waals surface area contributed by atoms with Gasteiger partial charge in [0.05, 0.1) is 6.10 Å². The van der Waals surface area contributed by atoms with Crippen LogP contribution in [0.15, 0.2) is 41.3 Å². The van der Waals surface area contributed by atoms with Gasteiger partial charge in [-0.05, 0) is 49.6 Å². The number of hydrogen-bond acceptors (Lipinski definition) is 4. The maximum Gasteiger partial charge on any atom is 0.255 e. The van der Waals surface area contributed by atoms with E-state index in [0.717, 1.165) is 40.7 Å². The summed E-state index contributed by atoms with van der Waals surface area (Å²) in [5.74, 6) is -4.10. The number of aliphatic hydroxyl groups excluding tert-OH is 1. The van der Waals surface area contributed by atoms with E-state index in [2.05, 4.69) is 5.32 Å². The molecular weight excluding hydrogens is 409 g/mol. The van der Waals surface area contributed by atoms with E-state index in [1.807, 2.05) is 0 Å². The van der Waals surface area contributed by atoms with E-state index in [4.69, 9.17) is 0 Å². The third-order valence-corrected chi connectivity index (χ3v) is 6.48. The van der Waals surface area contributed by atoms with Crippen LogP contribution < -0.4 is 5.32 Å². The number of carbonyl (C=O) groups is 1. The number of benzene rings is 2.